The molecule has 43 heavy (non-hydrogen) atoms. The Morgan fingerprint density at radius 3 is 1.98 bits per heavy atom. The van der Waals surface area contributed by atoms with E-state index < -0.39 is 16.1 Å². The van der Waals surface area contributed by atoms with E-state index in [4.69, 9.17) is 13.8 Å². The monoisotopic (exact) mass is 607 g/mol. The molecule has 1 aliphatic rings. The number of aryl methyl sites for hydroxylation is 2. The Labute approximate surface area is 254 Å². The van der Waals surface area contributed by atoms with Gasteiger partial charge in [-0.25, -0.2) is 4.79 Å². The van der Waals surface area contributed by atoms with Gasteiger partial charge >= 0.3 is 5.97 Å². The average molecular weight is 608 g/mol. The first-order valence-electron chi connectivity index (χ1n) is 14.4. The van der Waals surface area contributed by atoms with Crippen LogP contribution in [0, 0.1) is 13.8 Å². The second-order valence-corrected chi connectivity index (χ2v) is 14.0. The van der Waals surface area contributed by atoms with Crippen LogP contribution in [-0.4, -0.2) is 51.6 Å². The topological polar surface area (TPSA) is 111 Å². The molecule has 1 aliphatic carbocycles. The molecule has 0 saturated heterocycles. The number of carbonyl (C=O) groups is 1. The number of hydrogen-bond acceptors (Lipinski definition) is 7. The molecule has 0 aliphatic heterocycles. The van der Waals surface area contributed by atoms with E-state index in [-0.39, 0.29) is 47.7 Å². The lowest BCUT2D eigenvalue weighted by Gasteiger charge is -2.42. The van der Waals surface area contributed by atoms with E-state index in [1.54, 1.807) is 36.4 Å². The van der Waals surface area contributed by atoms with Gasteiger partial charge in [0.05, 0.1) is 30.3 Å². The largest absolute Gasteiger partial charge is 0.478 e. The van der Waals surface area contributed by atoms with Crippen LogP contribution in [0.3, 0.4) is 0 Å². The third-order valence-electron chi connectivity index (χ3n) is 8.11. The summed E-state index contributed by atoms with van der Waals surface area (Å²) in [5.41, 5.74) is 7.13. The second kappa shape index (κ2) is 13.0. The molecule has 0 heterocycles. The first kappa shape index (κ1) is 32.4. The number of benzene rings is 3. The molecule has 230 valence electrons. The Balaban J connectivity index is 1.47. The van der Waals surface area contributed by atoms with Crippen molar-refractivity contribution in [2.75, 3.05) is 26.4 Å². The lowest BCUT2D eigenvalue weighted by molar-refractivity contribution is 0.0396. The van der Waals surface area contributed by atoms with Crippen molar-refractivity contribution in [2.45, 2.75) is 70.1 Å². The summed E-state index contributed by atoms with van der Waals surface area (Å²) in [5, 5.41) is 13.9. The summed E-state index contributed by atoms with van der Waals surface area (Å²) in [6.07, 6.45) is 2.18. The Morgan fingerprint density at radius 2 is 1.37 bits per heavy atom. The number of carboxylic acid groups (broad SMARTS) is 1. The van der Waals surface area contributed by atoms with E-state index in [1.807, 2.05) is 6.92 Å². The number of nitrogens with zero attached hydrogens (tertiary/aromatic N) is 1. The highest BCUT2D eigenvalue weighted by atomic mass is 32.2. The minimum absolute atomic E-state index is 0.00468. The molecule has 0 unspecified atom stereocenters. The van der Waals surface area contributed by atoms with E-state index in [0.29, 0.717) is 5.71 Å². The van der Waals surface area contributed by atoms with E-state index in [9.17, 15) is 18.3 Å². The second-order valence-electron chi connectivity index (χ2n) is 12.3. The van der Waals surface area contributed by atoms with Gasteiger partial charge in [0, 0.05) is 11.1 Å². The van der Waals surface area contributed by atoms with Gasteiger partial charge < -0.3 is 14.7 Å². The van der Waals surface area contributed by atoms with Gasteiger partial charge in [0.25, 0.3) is 10.1 Å². The van der Waals surface area contributed by atoms with Gasteiger partial charge in [0.1, 0.15) is 12.3 Å². The molecule has 0 atom stereocenters. The molecule has 4 rings (SSSR count). The summed E-state index contributed by atoms with van der Waals surface area (Å²) >= 11 is 0. The highest BCUT2D eigenvalue weighted by molar-refractivity contribution is 7.86. The van der Waals surface area contributed by atoms with Gasteiger partial charge in [0.15, 0.2) is 0 Å². The zero-order valence-electron chi connectivity index (χ0n) is 25.8. The van der Waals surface area contributed by atoms with Gasteiger partial charge in [-0.3, -0.25) is 4.18 Å². The summed E-state index contributed by atoms with van der Waals surface area (Å²) in [4.78, 5) is 17.2. The Kier molecular flexibility index (Phi) is 9.79. The highest BCUT2D eigenvalue weighted by Crippen LogP contribution is 2.46. The normalized spacial score (nSPS) is 16.0. The van der Waals surface area contributed by atoms with Crippen LogP contribution in [0.1, 0.15) is 84.3 Å². The van der Waals surface area contributed by atoms with Crippen LogP contribution in [0.2, 0.25) is 0 Å². The lowest BCUT2D eigenvalue weighted by atomic mass is 9.62. The van der Waals surface area contributed by atoms with Crippen molar-refractivity contribution in [3.8, 4) is 0 Å². The van der Waals surface area contributed by atoms with E-state index in [0.717, 1.165) is 35.1 Å². The van der Waals surface area contributed by atoms with Crippen LogP contribution in [0.25, 0.3) is 0 Å². The van der Waals surface area contributed by atoms with Crippen molar-refractivity contribution in [3.05, 3.63) is 99.6 Å². The number of aromatic carboxylic acids is 1. The zero-order valence-corrected chi connectivity index (χ0v) is 26.6. The quantitative estimate of drug-likeness (QED) is 0.108. The first-order valence-corrected chi connectivity index (χ1v) is 15.9. The van der Waals surface area contributed by atoms with Gasteiger partial charge in [-0.05, 0) is 84.5 Å². The van der Waals surface area contributed by atoms with Crippen LogP contribution < -0.4 is 0 Å². The number of ether oxygens (including phenoxy) is 1. The highest BCUT2D eigenvalue weighted by Gasteiger charge is 2.37. The number of rotatable bonds is 12. The molecule has 8 nitrogen and oxygen atoms in total. The van der Waals surface area contributed by atoms with Crippen molar-refractivity contribution in [1.29, 1.82) is 0 Å². The minimum Gasteiger partial charge on any atom is -0.478 e. The predicted molar refractivity (Wildman–Crippen MR) is 167 cm³/mol. The maximum Gasteiger partial charge on any atom is 0.335 e. The molecule has 3 aromatic carbocycles. The van der Waals surface area contributed by atoms with Crippen molar-refractivity contribution in [1.82, 2.24) is 0 Å². The summed E-state index contributed by atoms with van der Waals surface area (Å²) < 4.78 is 35.2. The fraction of sp³-hybridized carbons (Fsp3) is 0.412. The summed E-state index contributed by atoms with van der Waals surface area (Å²) in [6.45, 7) is 13.3. The minimum atomic E-state index is -3.85. The SMILES string of the molecule is Cc1ccc(S(=O)(=O)OCCOCCO/N=C(/c2ccc(C(=O)O)cc2)c2cc3c(cc2C)C(C)(C)CCC3(C)C)cc1. The van der Waals surface area contributed by atoms with Crippen LogP contribution >= 0.6 is 0 Å². The molecule has 1 N–H and O–H groups in total. The number of carboxylic acids is 1. The van der Waals surface area contributed by atoms with Crippen LogP contribution in [0.4, 0.5) is 0 Å². The fourth-order valence-electron chi connectivity index (χ4n) is 5.29. The number of hydrogen-bond donors (Lipinski definition) is 1. The van der Waals surface area contributed by atoms with Crippen LogP contribution in [0.15, 0.2) is 70.7 Å². The van der Waals surface area contributed by atoms with Crippen molar-refractivity contribution < 1.29 is 32.1 Å². The van der Waals surface area contributed by atoms with Gasteiger partial charge in [-0.15, -0.1) is 0 Å². The molecular weight excluding hydrogens is 566 g/mol. The van der Waals surface area contributed by atoms with E-state index in [2.05, 4.69) is 51.9 Å². The third-order valence-corrected chi connectivity index (χ3v) is 9.44. The third kappa shape index (κ3) is 7.71. The molecule has 0 radical (unpaired) electrons. The predicted octanol–water partition coefficient (Wildman–Crippen LogP) is 6.54. The van der Waals surface area contributed by atoms with E-state index in [1.165, 1.54) is 23.3 Å². The number of fused-ring (bicyclic) bond motifs is 1. The van der Waals surface area contributed by atoms with Crippen LogP contribution in [-0.2, 0) is 34.7 Å². The molecule has 0 spiro atoms. The van der Waals surface area contributed by atoms with Gasteiger partial charge in [-0.1, -0.05) is 68.7 Å². The lowest BCUT2D eigenvalue weighted by Crippen LogP contribution is -2.34. The number of oxime groups is 1. The maximum atomic E-state index is 12.3. The molecule has 9 heteroatoms. The molecule has 0 fully saturated rings. The summed E-state index contributed by atoms with van der Waals surface area (Å²) in [5.74, 6) is -0.997. The van der Waals surface area contributed by atoms with Gasteiger partial charge in [0.2, 0.25) is 0 Å². The smallest absolute Gasteiger partial charge is 0.335 e. The molecule has 0 saturated carbocycles. The standard InChI is InChI=1S/C34H41NO7S/c1-23-7-13-27(14-8-23)43(38,39)42-20-18-40-17-19-41-35-31(25-9-11-26(12-10-25)32(36)37)28-22-30-29(21-24(28)2)33(3,4)15-16-34(30,5)6/h7-14,21-22H,15-20H2,1-6H3,(H,36,37)/b35-31-. The summed E-state index contributed by atoms with van der Waals surface area (Å²) in [6, 6.07) is 17.5. The van der Waals surface area contributed by atoms with Crippen molar-refractivity contribution >= 4 is 21.8 Å². The molecule has 0 bridgehead atoms. The Hall–Kier alpha value is -3.53. The van der Waals surface area contributed by atoms with Crippen molar-refractivity contribution in [3.63, 3.8) is 0 Å². The van der Waals surface area contributed by atoms with Gasteiger partial charge in [-0.2, -0.15) is 8.42 Å². The fourth-order valence-corrected chi connectivity index (χ4v) is 6.18. The Bertz CT molecular complexity index is 1590. The molecule has 3 aromatic rings. The molecule has 0 aromatic heterocycles. The molecular formula is C34H41NO7S. The zero-order chi connectivity index (χ0) is 31.4. The Morgan fingerprint density at radius 1 is 0.814 bits per heavy atom. The maximum absolute atomic E-state index is 12.3. The average Bonchev–Trinajstić information content (AvgIpc) is 2.95. The first-order chi connectivity index (χ1) is 20.2. The molecule has 0 amide bonds. The van der Waals surface area contributed by atoms with Crippen LogP contribution in [0.5, 0.6) is 0 Å². The van der Waals surface area contributed by atoms with E-state index >= 15 is 0 Å². The van der Waals surface area contributed by atoms with Crippen molar-refractivity contribution in [2.24, 2.45) is 5.16 Å². The summed E-state index contributed by atoms with van der Waals surface area (Å²) in [7, 11) is -3.85.